The van der Waals surface area contributed by atoms with Gasteiger partial charge in [0.1, 0.15) is 16.6 Å². The number of carbonyl (C=O) groups excluding carboxylic acids is 2. The molecule has 0 saturated carbocycles. The minimum absolute atomic E-state index is 0.0679. The summed E-state index contributed by atoms with van der Waals surface area (Å²) in [5.74, 6) is -2.32. The third kappa shape index (κ3) is 4.60. The van der Waals surface area contributed by atoms with Gasteiger partial charge in [-0.1, -0.05) is 38.1 Å². The number of fused-ring (bicyclic) bond motifs is 2. The van der Waals surface area contributed by atoms with Crippen LogP contribution in [0.3, 0.4) is 0 Å². The molecule has 12 heteroatoms. The average Bonchev–Trinajstić information content (AvgIpc) is 2.76. The summed E-state index contributed by atoms with van der Waals surface area (Å²) in [5, 5.41) is 7.79. The van der Waals surface area contributed by atoms with E-state index in [-0.39, 0.29) is 22.1 Å². The van der Waals surface area contributed by atoms with Gasteiger partial charge in [-0.3, -0.25) is 14.3 Å². The van der Waals surface area contributed by atoms with Crippen molar-refractivity contribution in [1.29, 1.82) is 0 Å². The van der Waals surface area contributed by atoms with E-state index in [1.807, 2.05) is 18.6 Å². The molecule has 0 bridgehead atoms. The fourth-order valence-electron chi connectivity index (χ4n) is 4.52. The molecule has 0 fully saturated rings. The van der Waals surface area contributed by atoms with Crippen LogP contribution in [0.25, 0.3) is 0 Å². The Hall–Kier alpha value is -3.09. The van der Waals surface area contributed by atoms with Crippen LogP contribution in [0.4, 0.5) is 11.4 Å². The molecule has 2 aliphatic rings. The number of nitrogens with zero attached hydrogens (tertiary/aromatic N) is 1. The van der Waals surface area contributed by atoms with Crippen LogP contribution in [-0.4, -0.2) is 34.2 Å². The topological polar surface area (TPSA) is 165 Å². The summed E-state index contributed by atoms with van der Waals surface area (Å²) in [6.07, 6.45) is 1.22. The summed E-state index contributed by atoms with van der Waals surface area (Å²) in [5.41, 5.74) is -0.0145. The molecule has 10 nitrogen and oxygen atoms in total. The number of Topliss-reactive ketones (excluding diaryl/α,β-unsaturated/α-hetero) is 2. The summed E-state index contributed by atoms with van der Waals surface area (Å²) in [7, 11) is -8.49. The first-order chi connectivity index (χ1) is 16.2. The predicted molar refractivity (Wildman–Crippen MR) is 132 cm³/mol. The van der Waals surface area contributed by atoms with Gasteiger partial charge < -0.3 is 5.32 Å². The van der Waals surface area contributed by atoms with Crippen molar-refractivity contribution in [1.82, 2.24) is 0 Å². The van der Waals surface area contributed by atoms with Crippen molar-refractivity contribution in [2.75, 3.05) is 10.0 Å². The van der Waals surface area contributed by atoms with Gasteiger partial charge in [0.15, 0.2) is 11.6 Å². The highest BCUT2D eigenvalue weighted by molar-refractivity contribution is 7.91. The fourth-order valence-corrected chi connectivity index (χ4v) is 6.16. The van der Waals surface area contributed by atoms with Gasteiger partial charge in [-0.25, -0.2) is 5.14 Å². The van der Waals surface area contributed by atoms with Gasteiger partial charge in [0.25, 0.3) is 20.2 Å². The van der Waals surface area contributed by atoms with Gasteiger partial charge in [0.2, 0.25) is 0 Å². The molecule has 2 aromatic carbocycles. The molecule has 0 amide bonds. The zero-order valence-electron chi connectivity index (χ0n) is 19.4. The van der Waals surface area contributed by atoms with E-state index in [1.54, 1.807) is 31.2 Å². The number of hydrogen-bond donors (Lipinski definition) is 3. The van der Waals surface area contributed by atoms with Crippen molar-refractivity contribution in [3.8, 4) is 0 Å². The zero-order valence-corrected chi connectivity index (χ0v) is 21.0. The van der Waals surface area contributed by atoms with Crippen LogP contribution in [0.5, 0.6) is 0 Å². The number of sulfonamides is 1. The Bertz CT molecular complexity index is 1480. The molecule has 2 atom stereocenters. The van der Waals surface area contributed by atoms with E-state index in [0.29, 0.717) is 23.5 Å². The van der Waals surface area contributed by atoms with Crippen LogP contribution in [0, 0.1) is 11.8 Å². The van der Waals surface area contributed by atoms with Crippen LogP contribution in [0.1, 0.15) is 49.5 Å². The maximum Gasteiger partial charge on any atom is 0.296 e. The Morgan fingerprint density at radius 1 is 1.17 bits per heavy atom. The number of nitrogens with one attached hydrogen (secondary N) is 2. The van der Waals surface area contributed by atoms with Crippen molar-refractivity contribution < 1.29 is 26.4 Å². The molecule has 0 radical (unpaired) electrons. The zero-order chi connectivity index (χ0) is 25.8. The summed E-state index contributed by atoms with van der Waals surface area (Å²) in [4.78, 5) is 27.0. The molecule has 0 spiro atoms. The summed E-state index contributed by atoms with van der Waals surface area (Å²) in [6.45, 7) is 5.87. The molecule has 186 valence electrons. The Morgan fingerprint density at radius 2 is 1.86 bits per heavy atom. The highest BCUT2D eigenvalue weighted by Crippen LogP contribution is 2.42. The van der Waals surface area contributed by atoms with Gasteiger partial charge in [-0.2, -0.15) is 16.8 Å². The van der Waals surface area contributed by atoms with E-state index in [4.69, 9.17) is 5.14 Å². The molecule has 4 rings (SSSR count). The lowest BCUT2D eigenvalue weighted by atomic mass is 9.63. The molecule has 1 heterocycles. The first-order valence-electron chi connectivity index (χ1n) is 11.0. The first-order valence-corrected chi connectivity index (χ1v) is 14.0. The number of anilines is 2. The monoisotopic (exact) mass is 518 g/mol. The van der Waals surface area contributed by atoms with Crippen LogP contribution in [-0.2, 0) is 30.4 Å². The maximum absolute atomic E-state index is 13.8. The molecule has 4 N–H and O–H groups in total. The standard InChI is InChI=1S/C23H26N4O6S2/c1-13(2)10-11-23(3)16-7-5-4-6-15(16)20(28)19(21(23)29)22-25-17-9-8-14(26-35(24,32)33)12-18(17)34(30,31)27-22/h4-9,12-13,19,26H,10-11H2,1-3H3,(H,25,27)(H2,24,32,33). The van der Waals surface area contributed by atoms with Gasteiger partial charge >= 0.3 is 0 Å². The molecule has 0 saturated heterocycles. The van der Waals surface area contributed by atoms with Gasteiger partial charge in [0.05, 0.1) is 16.8 Å². The molecular weight excluding hydrogens is 492 g/mol. The maximum atomic E-state index is 13.8. The molecular formula is C23H26N4O6S2. The highest BCUT2D eigenvalue weighted by atomic mass is 32.2. The molecule has 1 aliphatic carbocycles. The predicted octanol–water partition coefficient (Wildman–Crippen LogP) is 2.59. The number of carbonyl (C=O) groups is 2. The second-order valence-corrected chi connectivity index (χ2v) is 12.3. The Balaban J connectivity index is 1.79. The summed E-state index contributed by atoms with van der Waals surface area (Å²) in [6, 6.07) is 10.6. The first kappa shape index (κ1) is 25.0. The summed E-state index contributed by atoms with van der Waals surface area (Å²) >= 11 is 0. The van der Waals surface area contributed by atoms with E-state index in [2.05, 4.69) is 9.71 Å². The van der Waals surface area contributed by atoms with Gasteiger partial charge in [-0.05, 0) is 49.4 Å². The smallest absolute Gasteiger partial charge is 0.296 e. The second-order valence-electron chi connectivity index (χ2n) is 9.41. The van der Waals surface area contributed by atoms with E-state index >= 15 is 0 Å². The average molecular weight is 519 g/mol. The minimum Gasteiger partial charge on any atom is -0.341 e. The van der Waals surface area contributed by atoms with E-state index < -0.39 is 43.1 Å². The Morgan fingerprint density at radius 3 is 2.51 bits per heavy atom. The minimum atomic E-state index is -4.36. The van der Waals surface area contributed by atoms with E-state index in [1.165, 1.54) is 12.1 Å². The van der Waals surface area contributed by atoms with Crippen molar-refractivity contribution in [2.24, 2.45) is 21.4 Å². The van der Waals surface area contributed by atoms with Crippen molar-refractivity contribution >= 4 is 49.0 Å². The largest absolute Gasteiger partial charge is 0.341 e. The highest BCUT2D eigenvalue weighted by Gasteiger charge is 2.51. The quantitative estimate of drug-likeness (QED) is 0.494. The normalized spacial score (nSPS) is 23.2. The third-order valence-corrected chi connectivity index (χ3v) is 8.20. The molecule has 2 aromatic rings. The third-order valence-electron chi connectivity index (χ3n) is 6.35. The number of benzene rings is 2. The van der Waals surface area contributed by atoms with E-state index in [0.717, 1.165) is 12.5 Å². The van der Waals surface area contributed by atoms with Crippen LogP contribution >= 0.6 is 0 Å². The molecule has 0 aromatic heterocycles. The Labute approximate surface area is 204 Å². The van der Waals surface area contributed by atoms with E-state index in [9.17, 15) is 26.4 Å². The van der Waals surface area contributed by atoms with Gasteiger partial charge in [0, 0.05) is 5.56 Å². The SMILES string of the molecule is CC(C)CCC1(C)C(=O)C(C2=NS(=O)(=O)c3cc(NS(N)(=O)=O)ccc3N2)C(=O)c2ccccc21. The van der Waals surface area contributed by atoms with Crippen molar-refractivity contribution in [3.63, 3.8) is 0 Å². The number of nitrogens with two attached hydrogens (primary N) is 1. The Kier molecular flexibility index (Phi) is 6.10. The number of amidine groups is 1. The molecule has 1 aliphatic heterocycles. The van der Waals surface area contributed by atoms with Crippen LogP contribution in [0.2, 0.25) is 0 Å². The van der Waals surface area contributed by atoms with Crippen LogP contribution < -0.4 is 15.2 Å². The number of ketones is 2. The van der Waals surface area contributed by atoms with Gasteiger partial charge in [-0.15, -0.1) is 4.40 Å². The lowest BCUT2D eigenvalue weighted by molar-refractivity contribution is -0.125. The fraction of sp³-hybridized carbons (Fsp3) is 0.348. The van der Waals surface area contributed by atoms with Crippen LogP contribution in [0.15, 0.2) is 51.8 Å². The molecule has 35 heavy (non-hydrogen) atoms. The molecule has 2 unspecified atom stereocenters. The lowest BCUT2D eigenvalue weighted by Gasteiger charge is -2.39. The number of rotatable bonds is 6. The lowest BCUT2D eigenvalue weighted by Crippen LogP contribution is -2.51. The summed E-state index contributed by atoms with van der Waals surface area (Å²) < 4.78 is 54.5. The number of hydrogen-bond acceptors (Lipinski definition) is 7. The second kappa shape index (κ2) is 8.54. The van der Waals surface area contributed by atoms with Crippen molar-refractivity contribution in [2.45, 2.75) is 43.9 Å². The van der Waals surface area contributed by atoms with Crippen molar-refractivity contribution in [3.05, 3.63) is 53.6 Å².